The fourth-order valence-electron chi connectivity index (χ4n) is 4.28. The van der Waals surface area contributed by atoms with Gasteiger partial charge in [-0.25, -0.2) is 19.3 Å². The average Bonchev–Trinajstić information content (AvgIpc) is 2.82. The molecule has 3 aromatic rings. The Morgan fingerprint density at radius 2 is 2.05 bits per heavy atom. The van der Waals surface area contributed by atoms with Crippen molar-refractivity contribution in [3.05, 3.63) is 48.0 Å². The molecule has 8 nitrogen and oxygen atoms in total. The highest BCUT2D eigenvalue weighted by molar-refractivity contribution is 8.15. The van der Waals surface area contributed by atoms with Crippen molar-refractivity contribution in [2.75, 3.05) is 11.9 Å². The standard InChI is InChI=1S/C24H22F4N6O2S/c1-4-9-36-17-11-31-18-16(33-17)7-8-30-19(18)32-13-5-6-15(25)14(10-13)22(2)12-23(3,37-21(29)34-22)20(35)24(26,27)28/h1,5-8,10-11,20,35H,9,12H2,2-3H3,(H2,29,34)(H,30,32)/t20-,22-,23+/m0/s1. The first-order valence-electron chi connectivity index (χ1n) is 10.9. The lowest BCUT2D eigenvalue weighted by Gasteiger charge is -2.44. The molecule has 0 saturated heterocycles. The molecule has 1 aliphatic heterocycles. The third kappa shape index (κ3) is 5.40. The average molecular weight is 535 g/mol. The number of fused-ring (bicyclic) bond motifs is 1. The maximum atomic E-state index is 15.1. The summed E-state index contributed by atoms with van der Waals surface area (Å²) >= 11 is 0.614. The van der Waals surface area contributed by atoms with Gasteiger partial charge in [0.1, 0.15) is 11.3 Å². The number of hydrogen-bond acceptors (Lipinski definition) is 9. The first-order valence-corrected chi connectivity index (χ1v) is 11.7. The molecule has 0 radical (unpaired) electrons. The van der Waals surface area contributed by atoms with Crippen LogP contribution in [0.15, 0.2) is 41.7 Å². The molecule has 3 atom stereocenters. The molecule has 2 aromatic heterocycles. The van der Waals surface area contributed by atoms with Crippen LogP contribution in [-0.4, -0.2) is 48.9 Å². The number of aliphatic imine (C=N–C) groups is 1. The number of pyridine rings is 1. The molecule has 0 spiro atoms. The first-order chi connectivity index (χ1) is 17.3. The number of amidine groups is 1. The Hall–Kier alpha value is -3.63. The van der Waals surface area contributed by atoms with Gasteiger partial charge >= 0.3 is 6.18 Å². The number of rotatable bonds is 6. The number of aliphatic hydroxyl groups is 1. The van der Waals surface area contributed by atoms with Gasteiger partial charge in [-0.3, -0.25) is 4.99 Å². The van der Waals surface area contributed by atoms with E-state index in [1.54, 1.807) is 6.07 Å². The van der Waals surface area contributed by atoms with Crippen LogP contribution in [0.1, 0.15) is 25.8 Å². The predicted octanol–water partition coefficient (Wildman–Crippen LogP) is 4.27. The first kappa shape index (κ1) is 26.4. The summed E-state index contributed by atoms with van der Waals surface area (Å²) < 4.78 is 58.7. The van der Waals surface area contributed by atoms with Crippen molar-refractivity contribution in [2.45, 2.75) is 42.8 Å². The maximum absolute atomic E-state index is 15.1. The van der Waals surface area contributed by atoms with Crippen molar-refractivity contribution in [3.63, 3.8) is 0 Å². The van der Waals surface area contributed by atoms with Crippen molar-refractivity contribution in [2.24, 2.45) is 10.7 Å². The molecule has 1 aliphatic rings. The van der Waals surface area contributed by atoms with Gasteiger partial charge in [0.25, 0.3) is 0 Å². The summed E-state index contributed by atoms with van der Waals surface area (Å²) in [6.45, 7) is 2.73. The molecular weight excluding hydrogens is 512 g/mol. The molecule has 13 heteroatoms. The van der Waals surface area contributed by atoms with E-state index in [2.05, 4.69) is 31.2 Å². The zero-order valence-electron chi connectivity index (χ0n) is 19.7. The largest absolute Gasteiger partial charge is 0.463 e. The number of aliphatic hydroxyl groups excluding tert-OH is 1. The van der Waals surface area contributed by atoms with Crippen molar-refractivity contribution in [3.8, 4) is 18.2 Å². The van der Waals surface area contributed by atoms with Crippen molar-refractivity contribution in [1.82, 2.24) is 15.0 Å². The highest BCUT2D eigenvalue weighted by Gasteiger charge is 2.56. The van der Waals surface area contributed by atoms with E-state index in [0.29, 0.717) is 34.3 Å². The Labute approximate surface area is 213 Å². The van der Waals surface area contributed by atoms with Gasteiger partial charge in [0.15, 0.2) is 23.7 Å². The summed E-state index contributed by atoms with van der Waals surface area (Å²) in [5.74, 6) is 2.18. The van der Waals surface area contributed by atoms with Crippen LogP contribution in [0.25, 0.3) is 11.0 Å². The molecule has 4 N–H and O–H groups in total. The number of hydrogen-bond donors (Lipinski definition) is 3. The lowest BCUT2D eigenvalue weighted by Crippen LogP contribution is -2.53. The molecule has 0 fully saturated rings. The van der Waals surface area contributed by atoms with Crippen LogP contribution in [0.2, 0.25) is 0 Å². The topological polar surface area (TPSA) is 119 Å². The number of alkyl halides is 3. The lowest BCUT2D eigenvalue weighted by molar-refractivity contribution is -0.213. The summed E-state index contributed by atoms with van der Waals surface area (Å²) in [7, 11) is 0. The van der Waals surface area contributed by atoms with Gasteiger partial charge in [0.05, 0.1) is 22.0 Å². The van der Waals surface area contributed by atoms with E-state index in [1.807, 2.05) is 0 Å². The number of halogens is 4. The van der Waals surface area contributed by atoms with Gasteiger partial charge in [-0.1, -0.05) is 17.7 Å². The highest BCUT2D eigenvalue weighted by atomic mass is 32.2. The Morgan fingerprint density at radius 1 is 1.30 bits per heavy atom. The molecule has 0 unspecified atom stereocenters. The second-order valence-corrected chi connectivity index (χ2v) is 10.4. The van der Waals surface area contributed by atoms with Crippen LogP contribution in [-0.2, 0) is 5.54 Å². The SMILES string of the molecule is C#CCOc1cnc2c(Nc3ccc(F)c([C@]4(C)C[C@](C)([C@H](O)C(F)(F)F)SC(N)=N4)c3)nccc2n1. The third-order valence-corrected chi connectivity index (χ3v) is 6.96. The van der Waals surface area contributed by atoms with E-state index in [0.717, 1.165) is 6.07 Å². The van der Waals surface area contributed by atoms with Gasteiger partial charge in [-0.05, 0) is 44.5 Å². The monoisotopic (exact) mass is 534 g/mol. The fourth-order valence-corrected chi connectivity index (χ4v) is 5.60. The van der Waals surface area contributed by atoms with Crippen LogP contribution < -0.4 is 15.8 Å². The van der Waals surface area contributed by atoms with Crippen LogP contribution in [0.3, 0.4) is 0 Å². The number of benzene rings is 1. The summed E-state index contributed by atoms with van der Waals surface area (Å²) in [5.41, 5.74) is 5.60. The molecule has 3 heterocycles. The fraction of sp³-hybridized carbons (Fsp3) is 0.333. The summed E-state index contributed by atoms with van der Waals surface area (Å²) in [6.07, 6.45) is 0.144. The molecule has 0 amide bonds. The Kier molecular flexibility index (Phi) is 6.91. The van der Waals surface area contributed by atoms with Gasteiger partial charge < -0.3 is 20.9 Å². The smallest absolute Gasteiger partial charge is 0.415 e. The number of ether oxygens (including phenoxy) is 1. The normalized spacial score (nSPS) is 22.7. The summed E-state index contributed by atoms with van der Waals surface area (Å²) in [4.78, 5) is 17.2. The van der Waals surface area contributed by atoms with Gasteiger partial charge in [-0.15, -0.1) is 6.42 Å². The minimum Gasteiger partial charge on any atom is -0.463 e. The number of terminal acetylenes is 1. The van der Waals surface area contributed by atoms with E-state index < -0.39 is 28.4 Å². The van der Waals surface area contributed by atoms with Crippen LogP contribution in [0.5, 0.6) is 5.88 Å². The lowest BCUT2D eigenvalue weighted by atomic mass is 9.80. The summed E-state index contributed by atoms with van der Waals surface area (Å²) in [5, 5.41) is 12.9. The predicted molar refractivity (Wildman–Crippen MR) is 133 cm³/mol. The number of nitrogens with one attached hydrogen (secondary N) is 1. The second kappa shape index (κ2) is 9.68. The quantitative estimate of drug-likeness (QED) is 0.317. The van der Waals surface area contributed by atoms with Gasteiger partial charge in [-0.2, -0.15) is 13.2 Å². The zero-order chi connectivity index (χ0) is 27.0. The number of nitrogens with two attached hydrogens (primary N) is 1. The maximum Gasteiger partial charge on any atom is 0.415 e. The van der Waals surface area contributed by atoms with Crippen molar-refractivity contribution < 1.29 is 27.4 Å². The molecule has 4 rings (SSSR count). The van der Waals surface area contributed by atoms with Crippen LogP contribution in [0, 0.1) is 18.2 Å². The highest BCUT2D eigenvalue weighted by Crippen LogP contribution is 2.50. The minimum atomic E-state index is -4.89. The molecule has 0 aliphatic carbocycles. The van der Waals surface area contributed by atoms with E-state index in [4.69, 9.17) is 16.9 Å². The number of aromatic nitrogens is 3. The Balaban J connectivity index is 1.69. The van der Waals surface area contributed by atoms with Crippen molar-refractivity contribution >= 4 is 39.5 Å². The second-order valence-electron chi connectivity index (χ2n) is 8.81. The van der Waals surface area contributed by atoms with Crippen molar-refractivity contribution in [1.29, 1.82) is 0 Å². The van der Waals surface area contributed by atoms with Gasteiger partial charge in [0.2, 0.25) is 5.88 Å². The minimum absolute atomic E-state index is 0.00218. The Morgan fingerprint density at radius 3 is 2.76 bits per heavy atom. The number of nitrogens with zero attached hydrogens (tertiary/aromatic N) is 4. The van der Waals surface area contributed by atoms with E-state index >= 15 is 4.39 Å². The molecule has 1 aromatic carbocycles. The molecule has 0 saturated carbocycles. The Bertz CT molecular complexity index is 1410. The van der Waals surface area contributed by atoms with Crippen LogP contribution in [0.4, 0.5) is 29.1 Å². The van der Waals surface area contributed by atoms with E-state index in [-0.39, 0.29) is 29.6 Å². The molecule has 37 heavy (non-hydrogen) atoms. The van der Waals surface area contributed by atoms with Crippen LogP contribution >= 0.6 is 11.8 Å². The van der Waals surface area contributed by atoms with Gasteiger partial charge in [0, 0.05) is 17.4 Å². The molecular formula is C24H22F4N6O2S. The molecule has 0 bridgehead atoms. The van der Waals surface area contributed by atoms with E-state index in [9.17, 15) is 18.3 Å². The summed E-state index contributed by atoms with van der Waals surface area (Å²) in [6, 6.07) is 5.64. The number of anilines is 2. The zero-order valence-corrected chi connectivity index (χ0v) is 20.5. The molecule has 194 valence electrons. The number of thioether (sulfide) groups is 1. The third-order valence-electron chi connectivity index (χ3n) is 5.83. The van der Waals surface area contributed by atoms with E-state index in [1.165, 1.54) is 38.4 Å².